The van der Waals surface area contributed by atoms with E-state index in [1.165, 1.54) is 12.1 Å². The summed E-state index contributed by atoms with van der Waals surface area (Å²) >= 11 is 12.1. The van der Waals surface area contributed by atoms with Gasteiger partial charge in [-0.1, -0.05) is 42.8 Å². The number of benzene rings is 1. The van der Waals surface area contributed by atoms with Crippen LogP contribution < -0.4 is 10.1 Å². The quantitative estimate of drug-likeness (QED) is 0.407. The minimum absolute atomic E-state index is 0.0197. The van der Waals surface area contributed by atoms with Crippen LogP contribution in [-0.2, 0) is 9.53 Å². The first kappa shape index (κ1) is 20.4. The highest BCUT2D eigenvalue weighted by Gasteiger charge is 2.54. The normalized spacial score (nSPS) is 19.8. The third-order valence-corrected chi connectivity index (χ3v) is 6.47. The molecule has 0 radical (unpaired) electrons. The van der Waals surface area contributed by atoms with E-state index < -0.39 is 25.8 Å². The van der Waals surface area contributed by atoms with Gasteiger partial charge in [0.25, 0.3) is 5.91 Å². The van der Waals surface area contributed by atoms with Crippen molar-refractivity contribution in [3.8, 4) is 5.75 Å². The molecular weight excluding hydrogens is 391 g/mol. The number of halogens is 4. The van der Waals surface area contributed by atoms with E-state index in [2.05, 4.69) is 25.0 Å². The zero-order chi connectivity index (χ0) is 18.8. The van der Waals surface area contributed by atoms with Crippen molar-refractivity contribution in [3.63, 3.8) is 0 Å². The number of carbonyl (C=O) groups is 1. The third-order valence-electron chi connectivity index (χ3n) is 3.94. The lowest BCUT2D eigenvalue weighted by Gasteiger charge is -2.22. The number of ether oxygens (including phenoxy) is 2. The topological polar surface area (TPSA) is 47.6 Å². The average Bonchev–Trinajstić information content (AvgIpc) is 2.76. The molecule has 0 saturated carbocycles. The van der Waals surface area contributed by atoms with Gasteiger partial charge >= 0.3 is 5.92 Å². The lowest BCUT2D eigenvalue weighted by atomic mass is 9.94. The summed E-state index contributed by atoms with van der Waals surface area (Å²) < 4.78 is 39.3. The molecule has 1 aromatic rings. The van der Waals surface area contributed by atoms with Gasteiger partial charge in [-0.15, -0.1) is 0 Å². The Morgan fingerprint density at radius 3 is 2.56 bits per heavy atom. The molecule has 1 fully saturated rings. The molecule has 1 aromatic carbocycles. The van der Waals surface area contributed by atoms with Crippen LogP contribution in [0.1, 0.15) is 11.5 Å². The van der Waals surface area contributed by atoms with Crippen LogP contribution in [0.25, 0.3) is 0 Å². The Morgan fingerprint density at radius 1 is 1.32 bits per heavy atom. The molecule has 1 aliphatic heterocycles. The van der Waals surface area contributed by atoms with Gasteiger partial charge in [0.2, 0.25) is 0 Å². The minimum atomic E-state index is -3.58. The molecule has 0 unspecified atom stereocenters. The second-order valence-electron chi connectivity index (χ2n) is 7.14. The maximum Gasteiger partial charge on any atom is 0.333 e. The van der Waals surface area contributed by atoms with Gasteiger partial charge in [-0.3, -0.25) is 4.79 Å². The first-order valence-electron chi connectivity index (χ1n) is 7.88. The number of nitrogens with one attached hydrogen (secondary N) is 1. The highest BCUT2D eigenvalue weighted by Crippen LogP contribution is 2.46. The van der Waals surface area contributed by atoms with Gasteiger partial charge in [-0.05, 0) is 18.2 Å². The molecule has 0 bridgehead atoms. The van der Waals surface area contributed by atoms with Crippen LogP contribution in [0.5, 0.6) is 5.75 Å². The molecule has 1 atom stereocenters. The molecule has 1 heterocycles. The fraction of sp³-hybridized carbons (Fsp3) is 0.562. The summed E-state index contributed by atoms with van der Waals surface area (Å²) in [7, 11) is -1.23. The van der Waals surface area contributed by atoms with Crippen LogP contribution in [-0.4, -0.2) is 39.8 Å². The molecule has 4 nitrogen and oxygen atoms in total. The Bertz CT molecular complexity index is 653. The summed E-state index contributed by atoms with van der Waals surface area (Å²) in [4.78, 5) is 11.4. The first-order chi connectivity index (χ1) is 11.5. The summed E-state index contributed by atoms with van der Waals surface area (Å²) in [5.41, 5.74) is 0.0197. The van der Waals surface area contributed by atoms with Gasteiger partial charge in [0, 0.05) is 26.8 Å². The van der Waals surface area contributed by atoms with E-state index in [4.69, 9.17) is 32.7 Å². The summed E-state index contributed by atoms with van der Waals surface area (Å²) in [6, 6.07) is 3.89. The zero-order valence-electron chi connectivity index (χ0n) is 14.3. The molecule has 25 heavy (non-hydrogen) atoms. The molecule has 1 saturated heterocycles. The van der Waals surface area contributed by atoms with Crippen LogP contribution in [0.4, 0.5) is 8.78 Å². The van der Waals surface area contributed by atoms with Crippen LogP contribution >= 0.6 is 23.2 Å². The second kappa shape index (κ2) is 7.78. The van der Waals surface area contributed by atoms with Crippen LogP contribution in [0, 0.1) is 0 Å². The van der Waals surface area contributed by atoms with Crippen molar-refractivity contribution in [3.05, 3.63) is 27.7 Å². The average molecular weight is 412 g/mol. The standard InChI is InChI=1S/C16H21Cl2F2NO3Si/c1-25(2,3)7-6-23-9-24-12-5-4-11(17)14(18)13(12)10-8-21-15(22)16(10,19)20/h4-5,10H,6-9H2,1-3H3,(H,21,22)/t10-/m0/s1. The Morgan fingerprint density at radius 2 is 2.00 bits per heavy atom. The van der Waals surface area contributed by atoms with E-state index in [9.17, 15) is 13.6 Å². The second-order valence-corrected chi connectivity index (χ2v) is 13.5. The van der Waals surface area contributed by atoms with E-state index in [1.54, 1.807) is 0 Å². The maximum atomic E-state index is 14.2. The van der Waals surface area contributed by atoms with Crippen molar-refractivity contribution in [2.24, 2.45) is 0 Å². The van der Waals surface area contributed by atoms with E-state index in [0.29, 0.717) is 6.61 Å². The van der Waals surface area contributed by atoms with Crippen LogP contribution in [0.3, 0.4) is 0 Å². The molecule has 0 aliphatic carbocycles. The number of hydrogen-bond acceptors (Lipinski definition) is 3. The maximum absolute atomic E-state index is 14.2. The monoisotopic (exact) mass is 411 g/mol. The van der Waals surface area contributed by atoms with E-state index in [1.807, 2.05) is 0 Å². The molecule has 1 amide bonds. The highest BCUT2D eigenvalue weighted by atomic mass is 35.5. The van der Waals surface area contributed by atoms with Gasteiger partial charge in [0.05, 0.1) is 16.0 Å². The summed E-state index contributed by atoms with van der Waals surface area (Å²) in [5.74, 6) is -6.21. The number of alkyl halides is 2. The van der Waals surface area contributed by atoms with Crippen molar-refractivity contribution < 1.29 is 23.0 Å². The third kappa shape index (κ3) is 4.84. The van der Waals surface area contributed by atoms with E-state index in [0.717, 1.165) is 6.04 Å². The van der Waals surface area contributed by atoms with Crippen LogP contribution in [0.2, 0.25) is 35.7 Å². The fourth-order valence-corrected chi connectivity index (χ4v) is 3.63. The minimum Gasteiger partial charge on any atom is -0.467 e. The molecule has 9 heteroatoms. The van der Waals surface area contributed by atoms with Crippen molar-refractivity contribution in [2.45, 2.75) is 37.5 Å². The van der Waals surface area contributed by atoms with Crippen molar-refractivity contribution in [1.82, 2.24) is 5.32 Å². The van der Waals surface area contributed by atoms with Gasteiger partial charge in [-0.25, -0.2) is 0 Å². The molecule has 2 rings (SSSR count). The number of amides is 1. The summed E-state index contributed by atoms with van der Waals surface area (Å²) in [6.45, 7) is 6.88. The summed E-state index contributed by atoms with van der Waals surface area (Å²) in [5, 5.41) is 2.24. The zero-order valence-corrected chi connectivity index (χ0v) is 16.8. The van der Waals surface area contributed by atoms with Crippen molar-refractivity contribution >= 4 is 37.2 Å². The highest BCUT2D eigenvalue weighted by molar-refractivity contribution is 6.76. The van der Waals surface area contributed by atoms with E-state index in [-0.39, 0.29) is 34.7 Å². The Kier molecular flexibility index (Phi) is 6.35. The molecular formula is C16H21Cl2F2NO3Si. The fourth-order valence-electron chi connectivity index (χ4n) is 2.42. The number of hydrogen-bond donors (Lipinski definition) is 1. The van der Waals surface area contributed by atoms with Crippen molar-refractivity contribution in [2.75, 3.05) is 19.9 Å². The van der Waals surface area contributed by atoms with Gasteiger partial charge in [-0.2, -0.15) is 8.78 Å². The molecule has 1 N–H and O–H groups in total. The first-order valence-corrected chi connectivity index (χ1v) is 12.3. The van der Waals surface area contributed by atoms with Gasteiger partial charge < -0.3 is 14.8 Å². The molecule has 140 valence electrons. The van der Waals surface area contributed by atoms with E-state index >= 15 is 0 Å². The van der Waals surface area contributed by atoms with Gasteiger partial charge in [0.15, 0.2) is 6.79 Å². The Balaban J connectivity index is 2.14. The molecule has 1 aliphatic rings. The number of carbonyl (C=O) groups excluding carboxylic acids is 1. The predicted molar refractivity (Wildman–Crippen MR) is 96.8 cm³/mol. The lowest BCUT2D eigenvalue weighted by Crippen LogP contribution is -2.32. The van der Waals surface area contributed by atoms with Crippen molar-refractivity contribution in [1.29, 1.82) is 0 Å². The number of rotatable bonds is 7. The summed E-state index contributed by atoms with van der Waals surface area (Å²) in [6.07, 6.45) is 0. The Hall–Kier alpha value is -0.893. The largest absolute Gasteiger partial charge is 0.467 e. The van der Waals surface area contributed by atoms with Gasteiger partial charge in [0.1, 0.15) is 5.75 Å². The predicted octanol–water partition coefficient (Wildman–Crippen LogP) is 4.53. The smallest absolute Gasteiger partial charge is 0.333 e. The lowest BCUT2D eigenvalue weighted by molar-refractivity contribution is -0.141. The Labute approximate surface area is 156 Å². The SMILES string of the molecule is C[Si](C)(C)CCOCOc1ccc(Cl)c(Cl)c1[C@@H]1CNC(=O)C1(F)F. The molecule has 0 spiro atoms. The molecule has 0 aromatic heterocycles. The van der Waals surface area contributed by atoms with Crippen LogP contribution in [0.15, 0.2) is 12.1 Å².